The fourth-order valence-corrected chi connectivity index (χ4v) is 4.02. The van der Waals surface area contributed by atoms with Gasteiger partial charge in [0.2, 0.25) is 11.8 Å². The first-order valence-corrected chi connectivity index (χ1v) is 12.2. The number of hydrogen-bond donors (Lipinski definition) is 1. The first-order chi connectivity index (χ1) is 16.4. The monoisotopic (exact) mass is 476 g/mol. The highest BCUT2D eigenvalue weighted by Gasteiger charge is 2.30. The van der Waals surface area contributed by atoms with Gasteiger partial charge in [-0.1, -0.05) is 104 Å². The Bertz CT molecular complexity index is 1050. The number of carbonyl (C=O) groups excluding carboxylic acids is 2. The van der Waals surface area contributed by atoms with Gasteiger partial charge in [0.15, 0.2) is 0 Å². The van der Waals surface area contributed by atoms with Gasteiger partial charge < -0.3 is 10.2 Å². The van der Waals surface area contributed by atoms with E-state index >= 15 is 0 Å². The van der Waals surface area contributed by atoms with Crippen LogP contribution in [0.2, 0.25) is 5.02 Å². The van der Waals surface area contributed by atoms with Gasteiger partial charge in [-0.25, -0.2) is 0 Å². The molecule has 2 amide bonds. The fourth-order valence-electron chi connectivity index (χ4n) is 3.83. The highest BCUT2D eigenvalue weighted by Crippen LogP contribution is 2.21. The molecule has 0 fully saturated rings. The lowest BCUT2D eigenvalue weighted by atomic mass is 10.0. The molecule has 0 bridgehead atoms. The molecule has 0 radical (unpaired) electrons. The normalized spacial score (nSPS) is 11.8. The summed E-state index contributed by atoms with van der Waals surface area (Å²) in [6.07, 6.45) is 1.37. The Hall–Kier alpha value is -3.11. The van der Waals surface area contributed by atoms with Crippen LogP contribution < -0.4 is 5.32 Å². The molecule has 0 unspecified atom stereocenters. The van der Waals surface area contributed by atoms with Crippen molar-refractivity contribution in [1.29, 1.82) is 0 Å². The molecule has 0 saturated carbocycles. The summed E-state index contributed by atoms with van der Waals surface area (Å²) >= 11 is 6.45. The molecule has 0 spiro atoms. The average molecular weight is 477 g/mol. The zero-order chi connectivity index (χ0) is 24.3. The third-order valence-corrected chi connectivity index (χ3v) is 6.09. The topological polar surface area (TPSA) is 49.4 Å². The van der Waals surface area contributed by atoms with Gasteiger partial charge >= 0.3 is 0 Å². The second-order valence-corrected chi connectivity index (χ2v) is 9.35. The number of nitrogens with one attached hydrogen (secondary N) is 1. The smallest absolute Gasteiger partial charge is 0.243 e. The summed E-state index contributed by atoms with van der Waals surface area (Å²) in [4.78, 5) is 28.7. The zero-order valence-electron chi connectivity index (χ0n) is 19.9. The van der Waals surface area contributed by atoms with Crippen LogP contribution in [0.4, 0.5) is 0 Å². The van der Waals surface area contributed by atoms with Crippen molar-refractivity contribution in [3.63, 3.8) is 0 Å². The number of amides is 2. The van der Waals surface area contributed by atoms with Crippen molar-refractivity contribution in [3.8, 4) is 0 Å². The maximum atomic E-state index is 13.6. The number of carbonyl (C=O) groups is 2. The third kappa shape index (κ3) is 7.74. The number of rotatable bonds is 11. The fraction of sp³-hybridized carbons (Fsp3) is 0.310. The van der Waals surface area contributed by atoms with Gasteiger partial charge in [0.25, 0.3) is 0 Å². The maximum Gasteiger partial charge on any atom is 0.243 e. The Labute approximate surface area is 207 Å². The van der Waals surface area contributed by atoms with Crippen molar-refractivity contribution >= 4 is 23.4 Å². The van der Waals surface area contributed by atoms with Crippen LogP contribution in [-0.4, -0.2) is 29.3 Å². The molecule has 4 nitrogen and oxygen atoms in total. The van der Waals surface area contributed by atoms with E-state index in [0.29, 0.717) is 36.7 Å². The van der Waals surface area contributed by atoms with E-state index in [9.17, 15) is 9.59 Å². The zero-order valence-corrected chi connectivity index (χ0v) is 20.7. The third-order valence-electron chi connectivity index (χ3n) is 5.72. The molecule has 0 aliphatic rings. The predicted octanol–water partition coefficient (Wildman–Crippen LogP) is 5.68. The average Bonchev–Trinajstić information content (AvgIpc) is 2.85. The minimum absolute atomic E-state index is 0.0654. The molecule has 0 saturated heterocycles. The van der Waals surface area contributed by atoms with Crippen LogP contribution in [0.1, 0.15) is 37.0 Å². The second kappa shape index (κ2) is 13.0. The molecule has 0 heterocycles. The van der Waals surface area contributed by atoms with E-state index in [4.69, 9.17) is 11.6 Å². The Morgan fingerprint density at radius 2 is 1.44 bits per heavy atom. The van der Waals surface area contributed by atoms with Crippen molar-refractivity contribution in [1.82, 2.24) is 10.2 Å². The molecule has 34 heavy (non-hydrogen) atoms. The van der Waals surface area contributed by atoms with Crippen LogP contribution in [-0.2, 0) is 29.0 Å². The SMILES string of the molecule is CC(C)CNC(=O)[C@H](Cc1ccccc1)N(Cc1ccccc1Cl)C(=O)CCc1ccccc1. The summed E-state index contributed by atoms with van der Waals surface area (Å²) in [5.41, 5.74) is 2.93. The lowest BCUT2D eigenvalue weighted by Crippen LogP contribution is -2.51. The van der Waals surface area contributed by atoms with Gasteiger partial charge in [-0.05, 0) is 35.1 Å². The molecule has 5 heteroatoms. The summed E-state index contributed by atoms with van der Waals surface area (Å²) in [7, 11) is 0. The first-order valence-electron chi connectivity index (χ1n) is 11.8. The van der Waals surface area contributed by atoms with Gasteiger partial charge in [-0.15, -0.1) is 0 Å². The predicted molar refractivity (Wildman–Crippen MR) is 139 cm³/mol. The minimum atomic E-state index is -0.638. The molecule has 1 atom stereocenters. The minimum Gasteiger partial charge on any atom is -0.354 e. The van der Waals surface area contributed by atoms with Crippen LogP contribution >= 0.6 is 11.6 Å². The second-order valence-electron chi connectivity index (χ2n) is 8.94. The van der Waals surface area contributed by atoms with E-state index in [1.165, 1.54) is 0 Å². The van der Waals surface area contributed by atoms with Crippen molar-refractivity contribution in [3.05, 3.63) is 107 Å². The lowest BCUT2D eigenvalue weighted by Gasteiger charge is -2.32. The molecular formula is C29H33ClN2O2. The number of hydrogen-bond acceptors (Lipinski definition) is 2. The molecule has 0 aliphatic heterocycles. The molecule has 0 aliphatic carbocycles. The van der Waals surface area contributed by atoms with Gasteiger partial charge in [0.05, 0.1) is 0 Å². The summed E-state index contributed by atoms with van der Waals surface area (Å²) in [5, 5.41) is 3.63. The van der Waals surface area contributed by atoms with E-state index in [2.05, 4.69) is 19.2 Å². The number of nitrogens with zero attached hydrogens (tertiary/aromatic N) is 1. The van der Waals surface area contributed by atoms with Crippen LogP contribution in [0, 0.1) is 5.92 Å². The van der Waals surface area contributed by atoms with Crippen LogP contribution in [0.3, 0.4) is 0 Å². The number of halogens is 1. The molecule has 0 aromatic heterocycles. The summed E-state index contributed by atoms with van der Waals surface area (Å²) in [6, 6.07) is 26.6. The van der Waals surface area contributed by atoms with Gasteiger partial charge in [0.1, 0.15) is 6.04 Å². The highest BCUT2D eigenvalue weighted by molar-refractivity contribution is 6.31. The van der Waals surface area contributed by atoms with Crippen molar-refractivity contribution in [2.75, 3.05) is 6.54 Å². The molecule has 3 aromatic carbocycles. The Balaban J connectivity index is 1.90. The summed E-state index contributed by atoms with van der Waals surface area (Å²) in [5.74, 6) is 0.106. The van der Waals surface area contributed by atoms with E-state index in [1.807, 2.05) is 84.9 Å². The first kappa shape index (κ1) is 25.5. The number of benzene rings is 3. The largest absolute Gasteiger partial charge is 0.354 e. The Morgan fingerprint density at radius 1 is 0.853 bits per heavy atom. The maximum absolute atomic E-state index is 13.6. The molecule has 1 N–H and O–H groups in total. The summed E-state index contributed by atoms with van der Waals surface area (Å²) < 4.78 is 0. The molecule has 178 valence electrons. The standard InChI is InChI=1S/C29H33ClN2O2/c1-22(2)20-31-29(34)27(19-24-13-7-4-8-14-24)32(21-25-15-9-10-16-26(25)30)28(33)18-17-23-11-5-3-6-12-23/h3-16,22,27H,17-21H2,1-2H3,(H,31,34)/t27-/m0/s1. The van der Waals surface area contributed by atoms with Gasteiger partial charge in [0, 0.05) is 31.0 Å². The highest BCUT2D eigenvalue weighted by atomic mass is 35.5. The Kier molecular flexibility index (Phi) is 9.72. The van der Waals surface area contributed by atoms with E-state index in [0.717, 1.165) is 16.7 Å². The van der Waals surface area contributed by atoms with Crippen molar-refractivity contribution in [2.24, 2.45) is 5.92 Å². The van der Waals surface area contributed by atoms with Crippen LogP contribution in [0.15, 0.2) is 84.9 Å². The molecule has 3 rings (SSSR count). The van der Waals surface area contributed by atoms with Crippen molar-refractivity contribution in [2.45, 2.75) is 45.7 Å². The van der Waals surface area contributed by atoms with E-state index in [1.54, 1.807) is 4.90 Å². The van der Waals surface area contributed by atoms with Crippen LogP contribution in [0.25, 0.3) is 0 Å². The lowest BCUT2D eigenvalue weighted by molar-refractivity contribution is -0.141. The van der Waals surface area contributed by atoms with E-state index < -0.39 is 6.04 Å². The van der Waals surface area contributed by atoms with Gasteiger partial charge in [-0.2, -0.15) is 0 Å². The molecule has 3 aromatic rings. The van der Waals surface area contributed by atoms with E-state index in [-0.39, 0.29) is 18.4 Å². The van der Waals surface area contributed by atoms with Crippen molar-refractivity contribution < 1.29 is 9.59 Å². The Morgan fingerprint density at radius 3 is 2.06 bits per heavy atom. The van der Waals surface area contributed by atoms with Gasteiger partial charge in [-0.3, -0.25) is 9.59 Å². The number of aryl methyl sites for hydroxylation is 1. The quantitative estimate of drug-likeness (QED) is 0.386. The van der Waals surface area contributed by atoms with Crippen LogP contribution in [0.5, 0.6) is 0 Å². The summed E-state index contributed by atoms with van der Waals surface area (Å²) in [6.45, 7) is 4.94. The molecular weight excluding hydrogens is 444 g/mol.